The van der Waals surface area contributed by atoms with Gasteiger partial charge in [0.1, 0.15) is 5.82 Å². The van der Waals surface area contributed by atoms with E-state index in [9.17, 15) is 9.59 Å². The molecule has 0 spiro atoms. The minimum Gasteiger partial charge on any atom is -0.353 e. The molecule has 0 atom stereocenters. The van der Waals surface area contributed by atoms with Crippen molar-refractivity contribution in [3.8, 4) is 0 Å². The van der Waals surface area contributed by atoms with Crippen molar-refractivity contribution in [2.45, 2.75) is 19.3 Å². The van der Waals surface area contributed by atoms with E-state index in [-0.39, 0.29) is 11.8 Å². The second-order valence-electron chi connectivity index (χ2n) is 6.46. The number of benzene rings is 1. The molecule has 7 heteroatoms. The van der Waals surface area contributed by atoms with Gasteiger partial charge in [0.05, 0.1) is 0 Å². The van der Waals surface area contributed by atoms with Gasteiger partial charge in [-0.2, -0.15) is 0 Å². The van der Waals surface area contributed by atoms with Crippen molar-refractivity contribution in [2.24, 2.45) is 0 Å². The fourth-order valence-electron chi connectivity index (χ4n) is 3.04. The maximum absolute atomic E-state index is 12.4. The van der Waals surface area contributed by atoms with Gasteiger partial charge in [0.2, 0.25) is 11.8 Å². The first-order chi connectivity index (χ1) is 13.1. The number of halogens is 1. The number of hydrogen-bond donors (Lipinski definition) is 1. The number of rotatable bonds is 6. The zero-order valence-corrected chi connectivity index (χ0v) is 15.9. The van der Waals surface area contributed by atoms with Gasteiger partial charge in [0.15, 0.2) is 0 Å². The van der Waals surface area contributed by atoms with Gasteiger partial charge < -0.3 is 15.1 Å². The molecule has 27 heavy (non-hydrogen) atoms. The maximum atomic E-state index is 12.4. The molecule has 1 aliphatic rings. The third-order valence-electron chi connectivity index (χ3n) is 4.53. The molecular formula is C20H23ClN4O2. The Bertz CT molecular complexity index is 759. The highest BCUT2D eigenvalue weighted by molar-refractivity contribution is 6.30. The van der Waals surface area contributed by atoms with Gasteiger partial charge in [-0.1, -0.05) is 17.7 Å². The predicted molar refractivity (Wildman–Crippen MR) is 107 cm³/mol. The lowest BCUT2D eigenvalue weighted by Crippen LogP contribution is -2.49. The Kier molecular flexibility index (Phi) is 6.65. The molecule has 3 rings (SSSR count). The first kappa shape index (κ1) is 19.2. The molecule has 1 fully saturated rings. The highest BCUT2D eigenvalue weighted by Gasteiger charge is 2.21. The third kappa shape index (κ3) is 5.69. The summed E-state index contributed by atoms with van der Waals surface area (Å²) in [6, 6.07) is 12.8. The standard InChI is InChI=1S/C20H23ClN4O2/c21-16-7-9-17(10-8-16)23-19(26)5-3-6-20(27)25-14-12-24(13-15-25)18-4-1-2-11-22-18/h1-2,4,7-11H,3,5-6,12-15H2,(H,23,26). The molecule has 1 aromatic heterocycles. The molecule has 0 bridgehead atoms. The van der Waals surface area contributed by atoms with Crippen molar-refractivity contribution in [3.05, 3.63) is 53.7 Å². The maximum Gasteiger partial charge on any atom is 0.224 e. The molecule has 2 aromatic rings. The minimum atomic E-state index is -0.0925. The molecule has 1 aliphatic heterocycles. The lowest BCUT2D eigenvalue weighted by atomic mass is 10.2. The van der Waals surface area contributed by atoms with Gasteiger partial charge in [-0.05, 0) is 42.8 Å². The molecule has 2 heterocycles. The quantitative estimate of drug-likeness (QED) is 0.828. The average Bonchev–Trinajstić information content (AvgIpc) is 2.70. The summed E-state index contributed by atoms with van der Waals surface area (Å²) >= 11 is 5.82. The Morgan fingerprint density at radius 2 is 1.74 bits per heavy atom. The van der Waals surface area contributed by atoms with Gasteiger partial charge in [-0.15, -0.1) is 0 Å². The van der Waals surface area contributed by atoms with Gasteiger partial charge in [0, 0.05) is 55.9 Å². The SMILES string of the molecule is O=C(CCCC(=O)N1CCN(c2ccccn2)CC1)Nc1ccc(Cl)cc1. The van der Waals surface area contributed by atoms with Gasteiger partial charge in [0.25, 0.3) is 0 Å². The number of anilines is 2. The van der Waals surface area contributed by atoms with E-state index in [4.69, 9.17) is 11.6 Å². The zero-order valence-electron chi connectivity index (χ0n) is 15.1. The van der Waals surface area contributed by atoms with Gasteiger partial charge >= 0.3 is 0 Å². The lowest BCUT2D eigenvalue weighted by molar-refractivity contribution is -0.131. The number of carbonyl (C=O) groups is 2. The molecule has 142 valence electrons. The van der Waals surface area contributed by atoms with E-state index in [1.54, 1.807) is 30.5 Å². The van der Waals surface area contributed by atoms with Crippen molar-refractivity contribution in [1.29, 1.82) is 0 Å². The van der Waals surface area contributed by atoms with E-state index >= 15 is 0 Å². The van der Waals surface area contributed by atoms with Crippen LogP contribution in [0, 0.1) is 0 Å². The molecule has 0 unspecified atom stereocenters. The lowest BCUT2D eigenvalue weighted by Gasteiger charge is -2.35. The second-order valence-corrected chi connectivity index (χ2v) is 6.90. The molecule has 0 radical (unpaired) electrons. The van der Waals surface area contributed by atoms with E-state index in [1.165, 1.54) is 0 Å². The van der Waals surface area contributed by atoms with Crippen LogP contribution in [0.2, 0.25) is 5.02 Å². The van der Waals surface area contributed by atoms with Crippen LogP contribution in [0.25, 0.3) is 0 Å². The van der Waals surface area contributed by atoms with Crippen LogP contribution in [0.1, 0.15) is 19.3 Å². The molecule has 1 N–H and O–H groups in total. The van der Waals surface area contributed by atoms with E-state index in [0.29, 0.717) is 43.1 Å². The summed E-state index contributed by atoms with van der Waals surface area (Å²) in [5.74, 6) is 0.962. The van der Waals surface area contributed by atoms with Crippen molar-refractivity contribution in [2.75, 3.05) is 36.4 Å². The summed E-state index contributed by atoms with van der Waals surface area (Å²) in [7, 11) is 0. The Hall–Kier alpha value is -2.60. The van der Waals surface area contributed by atoms with E-state index in [2.05, 4.69) is 15.2 Å². The predicted octanol–water partition coefficient (Wildman–Crippen LogP) is 3.19. The number of nitrogens with one attached hydrogen (secondary N) is 1. The van der Waals surface area contributed by atoms with Gasteiger partial charge in [-0.25, -0.2) is 4.98 Å². The zero-order chi connectivity index (χ0) is 19.1. The highest BCUT2D eigenvalue weighted by atomic mass is 35.5. The second kappa shape index (κ2) is 9.37. The Balaban J connectivity index is 1.36. The van der Waals surface area contributed by atoms with E-state index < -0.39 is 0 Å². The van der Waals surface area contributed by atoms with Crippen molar-refractivity contribution in [3.63, 3.8) is 0 Å². The normalized spacial score (nSPS) is 14.1. The number of carbonyl (C=O) groups excluding carboxylic acids is 2. The van der Waals surface area contributed by atoms with Crippen LogP contribution in [-0.2, 0) is 9.59 Å². The van der Waals surface area contributed by atoms with E-state index in [1.807, 2.05) is 23.1 Å². The molecule has 1 saturated heterocycles. The van der Waals surface area contributed by atoms with Crippen LogP contribution in [-0.4, -0.2) is 47.9 Å². The third-order valence-corrected chi connectivity index (χ3v) is 4.78. The van der Waals surface area contributed by atoms with E-state index in [0.717, 1.165) is 18.9 Å². The number of nitrogens with zero attached hydrogens (tertiary/aromatic N) is 3. The summed E-state index contributed by atoms with van der Waals surface area (Å²) in [4.78, 5) is 32.7. The summed E-state index contributed by atoms with van der Waals surface area (Å²) < 4.78 is 0. The molecule has 0 aliphatic carbocycles. The molecule has 2 amide bonds. The average molecular weight is 387 g/mol. The number of amides is 2. The fourth-order valence-corrected chi connectivity index (χ4v) is 3.17. The minimum absolute atomic E-state index is 0.0925. The first-order valence-corrected chi connectivity index (χ1v) is 9.49. The number of pyridine rings is 1. The van der Waals surface area contributed by atoms with Crippen molar-refractivity contribution in [1.82, 2.24) is 9.88 Å². The fraction of sp³-hybridized carbons (Fsp3) is 0.350. The topological polar surface area (TPSA) is 65.5 Å². The largest absolute Gasteiger partial charge is 0.353 e. The summed E-state index contributed by atoms with van der Waals surface area (Å²) in [6.45, 7) is 2.93. The monoisotopic (exact) mass is 386 g/mol. The summed E-state index contributed by atoms with van der Waals surface area (Å²) in [6.07, 6.45) is 3.03. The van der Waals surface area contributed by atoms with Gasteiger partial charge in [-0.3, -0.25) is 9.59 Å². The van der Waals surface area contributed by atoms with Crippen LogP contribution >= 0.6 is 11.6 Å². The van der Waals surface area contributed by atoms with Crippen LogP contribution < -0.4 is 10.2 Å². The first-order valence-electron chi connectivity index (χ1n) is 9.11. The van der Waals surface area contributed by atoms with Crippen LogP contribution in [0.5, 0.6) is 0 Å². The number of piperazine rings is 1. The molecule has 6 nitrogen and oxygen atoms in total. The number of aromatic nitrogens is 1. The summed E-state index contributed by atoms with van der Waals surface area (Å²) in [5, 5.41) is 3.44. The Labute approximate surface area is 164 Å². The van der Waals surface area contributed by atoms with Crippen molar-refractivity contribution < 1.29 is 9.59 Å². The van der Waals surface area contributed by atoms with Crippen LogP contribution in [0.4, 0.5) is 11.5 Å². The van der Waals surface area contributed by atoms with Crippen molar-refractivity contribution >= 4 is 34.9 Å². The van der Waals surface area contributed by atoms with Crippen LogP contribution in [0.15, 0.2) is 48.7 Å². The Morgan fingerprint density at radius 3 is 2.41 bits per heavy atom. The van der Waals surface area contributed by atoms with Crippen LogP contribution in [0.3, 0.4) is 0 Å². The number of hydrogen-bond acceptors (Lipinski definition) is 4. The molecule has 0 saturated carbocycles. The summed E-state index contributed by atoms with van der Waals surface area (Å²) in [5.41, 5.74) is 0.710. The Morgan fingerprint density at radius 1 is 1.00 bits per heavy atom. The molecular weight excluding hydrogens is 364 g/mol. The highest BCUT2D eigenvalue weighted by Crippen LogP contribution is 2.15. The molecule has 1 aromatic carbocycles. The smallest absolute Gasteiger partial charge is 0.224 e.